The molecule has 0 aliphatic heterocycles. The van der Waals surface area contributed by atoms with E-state index in [0.29, 0.717) is 52.7 Å². The number of rotatable bonds is 15. The lowest BCUT2D eigenvalue weighted by molar-refractivity contribution is -0.00298. The Labute approximate surface area is 128 Å². The van der Waals surface area contributed by atoms with E-state index in [0.717, 1.165) is 19.4 Å². The monoisotopic (exact) mass is 302 g/mol. The van der Waals surface area contributed by atoms with E-state index in [1.54, 1.807) is 6.92 Å². The van der Waals surface area contributed by atoms with Crippen LogP contribution in [0.1, 0.15) is 33.1 Å². The van der Waals surface area contributed by atoms with Gasteiger partial charge >= 0.3 is 0 Å². The maximum absolute atomic E-state index is 8.72. The Hall–Kier alpha value is -0.710. The molecule has 21 heavy (non-hydrogen) atoms. The largest absolute Gasteiger partial charge is 0.379 e. The number of unbranched alkanes of at least 4 members (excludes halogenated alkanes) is 1. The summed E-state index contributed by atoms with van der Waals surface area (Å²) in [4.78, 5) is 0. The number of hydrogen-bond donors (Lipinski definition) is 1. The van der Waals surface area contributed by atoms with Gasteiger partial charge in [-0.15, -0.1) is 0 Å². The summed E-state index contributed by atoms with van der Waals surface area (Å²) in [5.41, 5.74) is 4.85. The SMILES string of the molecule is CCCCOCCOCCOCCOCCC(C)(N)C#N. The van der Waals surface area contributed by atoms with Crippen molar-refractivity contribution in [2.45, 2.75) is 38.6 Å². The summed E-state index contributed by atoms with van der Waals surface area (Å²) in [6.45, 7) is 8.47. The summed E-state index contributed by atoms with van der Waals surface area (Å²) in [6, 6.07) is 2.03. The lowest BCUT2D eigenvalue weighted by Crippen LogP contribution is -2.35. The van der Waals surface area contributed by atoms with Gasteiger partial charge in [0.2, 0.25) is 0 Å². The van der Waals surface area contributed by atoms with E-state index in [-0.39, 0.29) is 0 Å². The topological polar surface area (TPSA) is 86.7 Å². The molecule has 0 aliphatic rings. The van der Waals surface area contributed by atoms with E-state index < -0.39 is 5.54 Å². The van der Waals surface area contributed by atoms with Gasteiger partial charge in [-0.25, -0.2) is 0 Å². The third-order valence-electron chi connectivity index (χ3n) is 2.78. The summed E-state index contributed by atoms with van der Waals surface area (Å²) >= 11 is 0. The predicted molar refractivity (Wildman–Crippen MR) is 81.0 cm³/mol. The van der Waals surface area contributed by atoms with E-state index in [1.165, 1.54) is 0 Å². The van der Waals surface area contributed by atoms with E-state index in [2.05, 4.69) is 6.92 Å². The van der Waals surface area contributed by atoms with Crippen LogP contribution in [0.3, 0.4) is 0 Å². The molecule has 0 fully saturated rings. The highest BCUT2D eigenvalue weighted by molar-refractivity contribution is 5.00. The third-order valence-corrected chi connectivity index (χ3v) is 2.78. The van der Waals surface area contributed by atoms with Gasteiger partial charge in [-0.1, -0.05) is 13.3 Å². The first-order valence-corrected chi connectivity index (χ1v) is 7.63. The fraction of sp³-hybridized carbons (Fsp3) is 0.933. The Balaban J connectivity index is 3.08. The number of nitriles is 1. The average Bonchev–Trinajstić information content (AvgIpc) is 2.47. The fourth-order valence-electron chi connectivity index (χ4n) is 1.35. The van der Waals surface area contributed by atoms with Crippen molar-refractivity contribution in [1.82, 2.24) is 0 Å². The highest BCUT2D eigenvalue weighted by Gasteiger charge is 2.16. The molecule has 0 aliphatic carbocycles. The van der Waals surface area contributed by atoms with Crippen LogP contribution >= 0.6 is 0 Å². The summed E-state index contributed by atoms with van der Waals surface area (Å²) in [6.07, 6.45) is 2.77. The Morgan fingerprint density at radius 2 is 1.29 bits per heavy atom. The standard InChI is InChI=1S/C15H30N2O4/c1-3-4-6-18-8-10-20-12-13-21-11-9-19-7-5-15(2,17)14-16/h3-13,17H2,1-2H3. The fourth-order valence-corrected chi connectivity index (χ4v) is 1.35. The van der Waals surface area contributed by atoms with Crippen molar-refractivity contribution in [1.29, 1.82) is 5.26 Å². The second-order valence-corrected chi connectivity index (χ2v) is 5.08. The molecule has 0 amide bonds. The average molecular weight is 302 g/mol. The molecule has 1 atom stereocenters. The van der Waals surface area contributed by atoms with Crippen LogP contribution in [0.25, 0.3) is 0 Å². The van der Waals surface area contributed by atoms with Crippen LogP contribution in [0.2, 0.25) is 0 Å². The molecule has 6 nitrogen and oxygen atoms in total. The number of ether oxygens (including phenoxy) is 4. The van der Waals surface area contributed by atoms with Crippen LogP contribution in [0, 0.1) is 11.3 Å². The molecule has 0 rings (SSSR count). The summed E-state index contributed by atoms with van der Waals surface area (Å²) in [5.74, 6) is 0. The lowest BCUT2D eigenvalue weighted by Gasteiger charge is -2.14. The zero-order chi connectivity index (χ0) is 15.8. The molecule has 0 aromatic carbocycles. The van der Waals surface area contributed by atoms with Crippen LogP contribution < -0.4 is 5.73 Å². The first-order valence-electron chi connectivity index (χ1n) is 7.63. The molecule has 0 aromatic rings. The minimum Gasteiger partial charge on any atom is -0.379 e. The maximum atomic E-state index is 8.72. The van der Waals surface area contributed by atoms with Gasteiger partial charge in [0.25, 0.3) is 0 Å². The molecule has 0 spiro atoms. The molecule has 0 aromatic heterocycles. The normalized spacial score (nSPS) is 13.8. The molecule has 2 N–H and O–H groups in total. The van der Waals surface area contributed by atoms with E-state index in [4.69, 9.17) is 29.9 Å². The Morgan fingerprint density at radius 1 is 0.857 bits per heavy atom. The van der Waals surface area contributed by atoms with Crippen molar-refractivity contribution in [2.24, 2.45) is 5.73 Å². The summed E-state index contributed by atoms with van der Waals surface area (Å²) in [7, 11) is 0. The van der Waals surface area contributed by atoms with Crippen molar-refractivity contribution in [3.63, 3.8) is 0 Å². The van der Waals surface area contributed by atoms with Crippen molar-refractivity contribution < 1.29 is 18.9 Å². The number of nitrogens with two attached hydrogens (primary N) is 1. The van der Waals surface area contributed by atoms with E-state index >= 15 is 0 Å². The zero-order valence-electron chi connectivity index (χ0n) is 13.4. The molecule has 0 radical (unpaired) electrons. The molecule has 0 saturated heterocycles. The van der Waals surface area contributed by atoms with E-state index in [9.17, 15) is 0 Å². The molecular weight excluding hydrogens is 272 g/mol. The molecule has 1 unspecified atom stereocenters. The van der Waals surface area contributed by atoms with Crippen LogP contribution in [0.5, 0.6) is 0 Å². The molecular formula is C15H30N2O4. The van der Waals surface area contributed by atoms with Crippen LogP contribution in [-0.2, 0) is 18.9 Å². The van der Waals surface area contributed by atoms with Crippen molar-refractivity contribution >= 4 is 0 Å². The van der Waals surface area contributed by atoms with Gasteiger partial charge < -0.3 is 24.7 Å². The third kappa shape index (κ3) is 15.5. The first kappa shape index (κ1) is 20.3. The molecule has 0 bridgehead atoms. The van der Waals surface area contributed by atoms with E-state index in [1.807, 2.05) is 6.07 Å². The van der Waals surface area contributed by atoms with Crippen molar-refractivity contribution in [3.05, 3.63) is 0 Å². The van der Waals surface area contributed by atoms with Gasteiger partial charge in [0, 0.05) is 19.6 Å². The van der Waals surface area contributed by atoms with Gasteiger partial charge in [-0.05, 0) is 13.3 Å². The van der Waals surface area contributed by atoms with Gasteiger partial charge in [0.05, 0.1) is 45.7 Å². The van der Waals surface area contributed by atoms with Crippen LogP contribution in [0.4, 0.5) is 0 Å². The molecule has 0 saturated carbocycles. The minimum absolute atomic E-state index is 0.468. The van der Waals surface area contributed by atoms with Gasteiger partial charge in [0.1, 0.15) is 5.54 Å². The summed E-state index contributed by atoms with van der Waals surface area (Å²) in [5, 5.41) is 8.72. The Bertz CT molecular complexity index is 267. The molecule has 124 valence electrons. The second-order valence-electron chi connectivity index (χ2n) is 5.08. The predicted octanol–water partition coefficient (Wildman–Crippen LogP) is 1.48. The molecule has 0 heterocycles. The minimum atomic E-state index is -0.812. The quantitative estimate of drug-likeness (QED) is 0.461. The van der Waals surface area contributed by atoms with Gasteiger partial charge in [-0.2, -0.15) is 5.26 Å². The smallest absolute Gasteiger partial charge is 0.103 e. The second kappa shape index (κ2) is 14.2. The Kier molecular flexibility index (Phi) is 13.8. The van der Waals surface area contributed by atoms with Crippen molar-refractivity contribution in [3.8, 4) is 6.07 Å². The highest BCUT2D eigenvalue weighted by atomic mass is 16.6. The number of nitrogens with zero attached hydrogens (tertiary/aromatic N) is 1. The van der Waals surface area contributed by atoms with Crippen molar-refractivity contribution in [2.75, 3.05) is 52.9 Å². The highest BCUT2D eigenvalue weighted by Crippen LogP contribution is 2.02. The number of hydrogen-bond acceptors (Lipinski definition) is 6. The molecule has 6 heteroatoms. The van der Waals surface area contributed by atoms with Gasteiger partial charge in [-0.3, -0.25) is 0 Å². The van der Waals surface area contributed by atoms with Gasteiger partial charge in [0.15, 0.2) is 0 Å². The first-order chi connectivity index (χ1) is 10.1. The Morgan fingerprint density at radius 3 is 1.71 bits per heavy atom. The maximum Gasteiger partial charge on any atom is 0.103 e. The zero-order valence-corrected chi connectivity index (χ0v) is 13.4. The lowest BCUT2D eigenvalue weighted by atomic mass is 10.0. The summed E-state index contributed by atoms with van der Waals surface area (Å²) < 4.78 is 21.4. The van der Waals surface area contributed by atoms with Crippen LogP contribution in [-0.4, -0.2) is 58.4 Å². The van der Waals surface area contributed by atoms with Crippen LogP contribution in [0.15, 0.2) is 0 Å².